The molecule has 3 atom stereocenters. The van der Waals surface area contributed by atoms with E-state index in [-0.39, 0.29) is 23.3 Å². The Hall–Kier alpha value is -1.34. The largest absolute Gasteiger partial charge is 0.322 e. The molecule has 1 aliphatic rings. The Morgan fingerprint density at radius 2 is 2.19 bits per heavy atom. The lowest BCUT2D eigenvalue weighted by Gasteiger charge is -2.26. The molecule has 1 amide bonds. The second kappa shape index (κ2) is 6.62. The van der Waals surface area contributed by atoms with Crippen LogP contribution in [0.1, 0.15) is 25.1 Å². The van der Waals surface area contributed by atoms with Crippen LogP contribution in [0.3, 0.4) is 0 Å². The summed E-state index contributed by atoms with van der Waals surface area (Å²) >= 11 is 0. The predicted octanol–water partition coefficient (Wildman–Crippen LogP) is 1.55. The third-order valence-corrected chi connectivity index (χ3v) is 5.05. The molecule has 0 bridgehead atoms. The average molecular weight is 316 g/mol. The fourth-order valence-electron chi connectivity index (χ4n) is 2.28. The molecular weight excluding hydrogens is 298 g/mol. The maximum Gasteiger partial charge on any atom is 0.238 e. The van der Waals surface area contributed by atoms with Crippen LogP contribution in [-0.2, 0) is 15.6 Å². The van der Waals surface area contributed by atoms with Gasteiger partial charge in [-0.05, 0) is 18.6 Å². The smallest absolute Gasteiger partial charge is 0.238 e. The van der Waals surface area contributed by atoms with E-state index in [9.17, 15) is 17.8 Å². The van der Waals surface area contributed by atoms with Gasteiger partial charge in [0, 0.05) is 40.5 Å². The molecule has 1 N–H and O–H groups in total. The molecule has 1 aromatic carbocycles. The summed E-state index contributed by atoms with van der Waals surface area (Å²) in [5.41, 5.74) is 0.243. The summed E-state index contributed by atoms with van der Waals surface area (Å²) in [6, 6.07) is 3.32. The minimum absolute atomic E-state index is 0.0443. The first-order valence-corrected chi connectivity index (χ1v) is 8.32. The Bertz CT molecular complexity index is 568. The predicted molar refractivity (Wildman–Crippen MR) is 77.0 cm³/mol. The Kier molecular flexibility index (Phi) is 5.05. The van der Waals surface area contributed by atoms with E-state index in [4.69, 9.17) is 0 Å². The summed E-state index contributed by atoms with van der Waals surface area (Å²) in [6.07, 6.45) is 1.58. The van der Waals surface area contributed by atoms with Gasteiger partial charge in [0.15, 0.2) is 0 Å². The highest BCUT2D eigenvalue weighted by molar-refractivity contribution is 7.84. The lowest BCUT2D eigenvalue weighted by atomic mass is 10.1. The van der Waals surface area contributed by atoms with E-state index in [0.717, 1.165) is 6.07 Å². The Morgan fingerprint density at radius 1 is 1.48 bits per heavy atom. The molecule has 2 rings (SSSR count). The van der Waals surface area contributed by atoms with Crippen molar-refractivity contribution >= 4 is 16.7 Å². The fraction of sp³-hybridized carbons (Fsp3) is 0.500. The maximum atomic E-state index is 13.9. The summed E-state index contributed by atoms with van der Waals surface area (Å²) in [4.78, 5) is 13.4. The molecule has 116 valence electrons. The van der Waals surface area contributed by atoms with Crippen LogP contribution in [0.4, 0.5) is 8.78 Å². The third kappa shape index (κ3) is 3.65. The normalized spacial score (nSPS) is 21.6. The van der Waals surface area contributed by atoms with Crippen LogP contribution >= 0.6 is 0 Å². The van der Waals surface area contributed by atoms with E-state index < -0.39 is 28.6 Å². The number of hydrogen-bond acceptors (Lipinski definition) is 3. The molecule has 1 heterocycles. The molecule has 0 aromatic heterocycles. The first-order chi connectivity index (χ1) is 9.90. The van der Waals surface area contributed by atoms with Gasteiger partial charge in [0.1, 0.15) is 17.8 Å². The first kappa shape index (κ1) is 16.0. The first-order valence-electron chi connectivity index (χ1n) is 6.70. The van der Waals surface area contributed by atoms with Crippen molar-refractivity contribution in [1.29, 1.82) is 0 Å². The molecule has 0 saturated carbocycles. The van der Waals surface area contributed by atoms with Crippen molar-refractivity contribution in [2.45, 2.75) is 24.8 Å². The van der Waals surface area contributed by atoms with Crippen LogP contribution in [-0.4, -0.2) is 39.6 Å². The number of carbonyl (C=O) groups is 1. The van der Waals surface area contributed by atoms with Gasteiger partial charge in [0.25, 0.3) is 0 Å². The summed E-state index contributed by atoms with van der Waals surface area (Å²) in [5, 5.41) is 2.88. The van der Waals surface area contributed by atoms with Gasteiger partial charge >= 0.3 is 0 Å². The monoisotopic (exact) mass is 316 g/mol. The summed E-state index contributed by atoms with van der Waals surface area (Å²) in [5.74, 6) is -1.47. The molecule has 4 nitrogen and oxygen atoms in total. The van der Waals surface area contributed by atoms with Crippen molar-refractivity contribution in [2.24, 2.45) is 0 Å². The van der Waals surface area contributed by atoms with Gasteiger partial charge in [-0.25, -0.2) is 8.78 Å². The van der Waals surface area contributed by atoms with Gasteiger partial charge < -0.3 is 4.90 Å². The number of hydrogen-bond donors (Lipinski definition) is 1. The minimum atomic E-state index is -0.967. The highest BCUT2D eigenvalue weighted by Gasteiger charge is 2.33. The van der Waals surface area contributed by atoms with Crippen LogP contribution in [0, 0.1) is 11.6 Å². The van der Waals surface area contributed by atoms with Gasteiger partial charge in [-0.3, -0.25) is 14.3 Å². The quantitative estimate of drug-likeness (QED) is 0.897. The molecule has 0 spiro atoms. The Balaban J connectivity index is 2.14. The van der Waals surface area contributed by atoms with E-state index >= 15 is 0 Å². The topological polar surface area (TPSA) is 49.4 Å². The summed E-state index contributed by atoms with van der Waals surface area (Å²) < 4.78 is 38.2. The molecule has 7 heteroatoms. The van der Waals surface area contributed by atoms with Crippen molar-refractivity contribution in [1.82, 2.24) is 10.2 Å². The molecule has 0 aliphatic carbocycles. The summed E-state index contributed by atoms with van der Waals surface area (Å²) in [6.45, 7) is 2.34. The number of rotatable bonds is 5. The summed E-state index contributed by atoms with van der Waals surface area (Å²) in [7, 11) is -0.967. The molecule has 1 saturated heterocycles. The van der Waals surface area contributed by atoms with Crippen LogP contribution < -0.4 is 5.32 Å². The molecule has 0 radical (unpaired) electrons. The fourth-order valence-corrected chi connectivity index (χ4v) is 2.72. The van der Waals surface area contributed by atoms with E-state index in [2.05, 4.69) is 5.32 Å². The van der Waals surface area contributed by atoms with Gasteiger partial charge in [0.2, 0.25) is 5.91 Å². The number of nitrogens with one attached hydrogen (secondary N) is 1. The molecule has 1 aromatic rings. The number of amides is 1. The van der Waals surface area contributed by atoms with Crippen molar-refractivity contribution in [3.63, 3.8) is 0 Å². The lowest BCUT2D eigenvalue weighted by molar-refractivity contribution is -0.128. The number of benzene rings is 1. The Morgan fingerprint density at radius 3 is 2.81 bits per heavy atom. The maximum absolute atomic E-state index is 13.9. The van der Waals surface area contributed by atoms with E-state index in [1.807, 2.05) is 6.92 Å². The SMILES string of the molecule is CC(CCN1C(=O)CNC1c1ccc(F)cc1F)S(C)=O. The molecule has 3 unspecified atom stereocenters. The van der Waals surface area contributed by atoms with E-state index in [1.54, 1.807) is 6.26 Å². The minimum Gasteiger partial charge on any atom is -0.322 e. The van der Waals surface area contributed by atoms with Crippen LogP contribution in [0.25, 0.3) is 0 Å². The highest BCUT2D eigenvalue weighted by Crippen LogP contribution is 2.25. The molecule has 1 aliphatic heterocycles. The van der Waals surface area contributed by atoms with Gasteiger partial charge in [0.05, 0.1) is 6.54 Å². The number of halogens is 2. The molecule has 21 heavy (non-hydrogen) atoms. The molecular formula is C14H18F2N2O2S. The standard InChI is InChI=1S/C14H18F2N2O2S/c1-9(21(2)20)5-6-18-13(19)8-17-14(18)11-4-3-10(15)7-12(11)16/h3-4,7,9,14,17H,5-6,8H2,1-2H3. The number of carbonyl (C=O) groups excluding carboxylic acids is 1. The van der Waals surface area contributed by atoms with Crippen LogP contribution in [0.2, 0.25) is 0 Å². The lowest BCUT2D eigenvalue weighted by Crippen LogP contribution is -2.33. The van der Waals surface area contributed by atoms with Crippen molar-refractivity contribution < 1.29 is 17.8 Å². The van der Waals surface area contributed by atoms with Gasteiger partial charge in [-0.2, -0.15) is 0 Å². The average Bonchev–Trinajstić information content (AvgIpc) is 2.77. The zero-order chi connectivity index (χ0) is 15.6. The number of nitrogens with zero attached hydrogens (tertiary/aromatic N) is 1. The zero-order valence-electron chi connectivity index (χ0n) is 11.9. The van der Waals surface area contributed by atoms with E-state index in [0.29, 0.717) is 13.0 Å². The zero-order valence-corrected chi connectivity index (χ0v) is 12.8. The van der Waals surface area contributed by atoms with Gasteiger partial charge in [-0.15, -0.1) is 0 Å². The second-order valence-corrected chi connectivity index (χ2v) is 6.94. The van der Waals surface area contributed by atoms with Crippen molar-refractivity contribution in [3.8, 4) is 0 Å². The Labute approximate surface area is 125 Å². The van der Waals surface area contributed by atoms with Crippen molar-refractivity contribution in [3.05, 3.63) is 35.4 Å². The van der Waals surface area contributed by atoms with Crippen molar-refractivity contribution in [2.75, 3.05) is 19.3 Å². The van der Waals surface area contributed by atoms with Crippen LogP contribution in [0.5, 0.6) is 0 Å². The van der Waals surface area contributed by atoms with Crippen LogP contribution in [0.15, 0.2) is 18.2 Å². The van der Waals surface area contributed by atoms with Gasteiger partial charge in [-0.1, -0.05) is 6.92 Å². The molecule has 1 fully saturated rings. The second-order valence-electron chi connectivity index (χ2n) is 5.13. The third-order valence-electron chi connectivity index (χ3n) is 3.68. The van der Waals surface area contributed by atoms with E-state index in [1.165, 1.54) is 17.0 Å². The highest BCUT2D eigenvalue weighted by atomic mass is 32.2.